The number of para-hydroxylation sites is 1. The second-order valence-corrected chi connectivity index (χ2v) is 5.99. The molecule has 0 aliphatic carbocycles. The number of hydrogen-bond acceptors (Lipinski definition) is 2. The summed E-state index contributed by atoms with van der Waals surface area (Å²) in [5.41, 5.74) is 3.64. The molecule has 3 nitrogen and oxygen atoms in total. The summed E-state index contributed by atoms with van der Waals surface area (Å²) in [6, 6.07) is 6.43. The van der Waals surface area contributed by atoms with Gasteiger partial charge in [0.2, 0.25) is 0 Å². The van der Waals surface area contributed by atoms with E-state index in [4.69, 9.17) is 16.6 Å². The third-order valence-electron chi connectivity index (χ3n) is 4.22. The summed E-state index contributed by atoms with van der Waals surface area (Å²) in [6.07, 6.45) is 3.53. The van der Waals surface area contributed by atoms with Crippen molar-refractivity contribution in [3.63, 3.8) is 0 Å². The number of hydrogen-bond donors (Lipinski definition) is 0. The maximum atomic E-state index is 5.94. The number of imidazole rings is 1. The van der Waals surface area contributed by atoms with Crippen LogP contribution >= 0.6 is 11.6 Å². The number of likely N-dealkylation sites (tertiary alicyclic amines) is 1. The highest BCUT2D eigenvalue weighted by Crippen LogP contribution is 2.20. The van der Waals surface area contributed by atoms with E-state index in [-0.39, 0.29) is 0 Å². The summed E-state index contributed by atoms with van der Waals surface area (Å²) in [4.78, 5) is 7.35. The van der Waals surface area contributed by atoms with E-state index < -0.39 is 0 Å². The summed E-state index contributed by atoms with van der Waals surface area (Å²) < 4.78 is 2.36. The minimum absolute atomic E-state index is 0.631. The van der Waals surface area contributed by atoms with Gasteiger partial charge in [-0.3, -0.25) is 0 Å². The van der Waals surface area contributed by atoms with E-state index in [1.165, 1.54) is 37.0 Å². The van der Waals surface area contributed by atoms with Crippen molar-refractivity contribution in [3.05, 3.63) is 29.6 Å². The standard InChI is InChI=1S/C16H22ClN3/c1-13-5-4-6-14-16(13)18-15(7-8-17)20(14)12-11-19-9-2-3-10-19/h4-6H,2-3,7-12H2,1H3. The number of aryl methyl sites for hydroxylation is 2. The molecule has 0 atom stereocenters. The van der Waals surface area contributed by atoms with Crippen molar-refractivity contribution in [3.8, 4) is 0 Å². The zero-order valence-electron chi connectivity index (χ0n) is 12.1. The quantitative estimate of drug-likeness (QED) is 0.789. The predicted molar refractivity (Wildman–Crippen MR) is 84.6 cm³/mol. The number of alkyl halides is 1. The van der Waals surface area contributed by atoms with Gasteiger partial charge in [-0.2, -0.15) is 0 Å². The second-order valence-electron chi connectivity index (χ2n) is 5.61. The Balaban J connectivity index is 1.89. The molecule has 4 heteroatoms. The van der Waals surface area contributed by atoms with Crippen molar-refractivity contribution in [1.82, 2.24) is 14.5 Å². The van der Waals surface area contributed by atoms with Gasteiger partial charge in [0.15, 0.2) is 0 Å². The lowest BCUT2D eigenvalue weighted by Gasteiger charge is -2.16. The fraction of sp³-hybridized carbons (Fsp3) is 0.562. The molecule has 0 N–H and O–H groups in total. The molecule has 0 saturated carbocycles. The SMILES string of the molecule is Cc1cccc2c1nc(CCCl)n2CCN1CCCC1. The van der Waals surface area contributed by atoms with Crippen LogP contribution in [0.3, 0.4) is 0 Å². The van der Waals surface area contributed by atoms with Gasteiger partial charge in [-0.05, 0) is 44.5 Å². The van der Waals surface area contributed by atoms with E-state index in [2.05, 4.69) is 34.6 Å². The van der Waals surface area contributed by atoms with Crippen LogP contribution in [0.4, 0.5) is 0 Å². The van der Waals surface area contributed by atoms with Gasteiger partial charge in [-0.15, -0.1) is 11.6 Å². The average Bonchev–Trinajstić information content (AvgIpc) is 3.05. The summed E-state index contributed by atoms with van der Waals surface area (Å²) in [5, 5.41) is 0. The molecule has 2 aromatic rings. The van der Waals surface area contributed by atoms with Crippen LogP contribution in [0.25, 0.3) is 11.0 Å². The molecule has 3 rings (SSSR count). The Morgan fingerprint density at radius 1 is 1.20 bits per heavy atom. The molecule has 1 aliphatic heterocycles. The van der Waals surface area contributed by atoms with E-state index in [0.29, 0.717) is 5.88 Å². The second kappa shape index (κ2) is 6.15. The van der Waals surface area contributed by atoms with Crippen molar-refractivity contribution in [1.29, 1.82) is 0 Å². The molecule has 2 heterocycles. The number of halogens is 1. The van der Waals surface area contributed by atoms with E-state index >= 15 is 0 Å². The number of rotatable bonds is 5. The molecular weight excluding hydrogens is 270 g/mol. The summed E-state index contributed by atoms with van der Waals surface area (Å²) in [5.74, 6) is 1.76. The van der Waals surface area contributed by atoms with E-state index in [9.17, 15) is 0 Å². The fourth-order valence-corrected chi connectivity index (χ4v) is 3.28. The zero-order valence-corrected chi connectivity index (χ0v) is 12.9. The molecule has 0 amide bonds. The molecule has 0 unspecified atom stereocenters. The monoisotopic (exact) mass is 291 g/mol. The Kier molecular flexibility index (Phi) is 4.27. The summed E-state index contributed by atoms with van der Waals surface area (Å²) >= 11 is 5.94. The maximum Gasteiger partial charge on any atom is 0.111 e. The minimum atomic E-state index is 0.631. The van der Waals surface area contributed by atoms with Crippen LogP contribution in [-0.4, -0.2) is 40.0 Å². The van der Waals surface area contributed by atoms with Crippen molar-refractivity contribution in [2.45, 2.75) is 32.7 Å². The van der Waals surface area contributed by atoms with Gasteiger partial charge in [0.25, 0.3) is 0 Å². The van der Waals surface area contributed by atoms with E-state index in [1.807, 2.05) is 0 Å². The van der Waals surface area contributed by atoms with Gasteiger partial charge in [0, 0.05) is 25.4 Å². The molecule has 1 fully saturated rings. The smallest absolute Gasteiger partial charge is 0.111 e. The first-order valence-electron chi connectivity index (χ1n) is 7.52. The molecule has 1 saturated heterocycles. The van der Waals surface area contributed by atoms with Gasteiger partial charge in [0.1, 0.15) is 5.82 Å². The minimum Gasteiger partial charge on any atom is -0.327 e. The lowest BCUT2D eigenvalue weighted by Crippen LogP contribution is -2.24. The molecular formula is C16H22ClN3. The van der Waals surface area contributed by atoms with Crippen molar-refractivity contribution < 1.29 is 0 Å². The Hall–Kier alpha value is -1.06. The van der Waals surface area contributed by atoms with Gasteiger partial charge >= 0.3 is 0 Å². The van der Waals surface area contributed by atoms with E-state index in [0.717, 1.165) is 30.9 Å². The maximum absolute atomic E-state index is 5.94. The highest BCUT2D eigenvalue weighted by Gasteiger charge is 2.15. The Morgan fingerprint density at radius 3 is 2.75 bits per heavy atom. The molecule has 0 bridgehead atoms. The summed E-state index contributed by atoms with van der Waals surface area (Å²) in [6.45, 7) is 6.76. The molecule has 0 spiro atoms. The highest BCUT2D eigenvalue weighted by atomic mass is 35.5. The average molecular weight is 292 g/mol. The lowest BCUT2D eigenvalue weighted by atomic mass is 10.2. The Labute approximate surface area is 125 Å². The molecule has 0 radical (unpaired) electrons. The fourth-order valence-electron chi connectivity index (χ4n) is 3.11. The van der Waals surface area contributed by atoms with Gasteiger partial charge in [-0.25, -0.2) is 4.98 Å². The summed E-state index contributed by atoms with van der Waals surface area (Å²) in [7, 11) is 0. The number of nitrogens with zero attached hydrogens (tertiary/aromatic N) is 3. The van der Waals surface area contributed by atoms with Crippen LogP contribution in [-0.2, 0) is 13.0 Å². The van der Waals surface area contributed by atoms with Crippen LogP contribution in [0, 0.1) is 6.92 Å². The lowest BCUT2D eigenvalue weighted by molar-refractivity contribution is 0.322. The van der Waals surface area contributed by atoms with Crippen LogP contribution in [0.2, 0.25) is 0 Å². The zero-order chi connectivity index (χ0) is 13.9. The van der Waals surface area contributed by atoms with Gasteiger partial charge in [-0.1, -0.05) is 12.1 Å². The van der Waals surface area contributed by atoms with Crippen LogP contribution in [0.1, 0.15) is 24.2 Å². The third-order valence-corrected chi connectivity index (χ3v) is 4.41. The normalized spacial score (nSPS) is 16.3. The Bertz CT molecular complexity index is 585. The number of benzene rings is 1. The highest BCUT2D eigenvalue weighted by molar-refractivity contribution is 6.17. The molecule has 20 heavy (non-hydrogen) atoms. The van der Waals surface area contributed by atoms with Gasteiger partial charge in [0.05, 0.1) is 11.0 Å². The number of fused-ring (bicyclic) bond motifs is 1. The van der Waals surface area contributed by atoms with Crippen molar-refractivity contribution in [2.24, 2.45) is 0 Å². The largest absolute Gasteiger partial charge is 0.327 e. The first-order valence-corrected chi connectivity index (χ1v) is 8.06. The molecule has 1 aliphatic rings. The third kappa shape index (κ3) is 2.70. The predicted octanol–water partition coefficient (Wildman–Crippen LogP) is 3.22. The molecule has 1 aromatic carbocycles. The molecule has 1 aromatic heterocycles. The van der Waals surface area contributed by atoms with E-state index in [1.54, 1.807) is 0 Å². The number of aromatic nitrogens is 2. The van der Waals surface area contributed by atoms with Crippen LogP contribution in [0.15, 0.2) is 18.2 Å². The first-order chi connectivity index (χ1) is 9.79. The Morgan fingerprint density at radius 2 is 2.00 bits per heavy atom. The van der Waals surface area contributed by atoms with Crippen molar-refractivity contribution in [2.75, 3.05) is 25.5 Å². The topological polar surface area (TPSA) is 21.1 Å². The molecule has 108 valence electrons. The van der Waals surface area contributed by atoms with Crippen LogP contribution < -0.4 is 0 Å². The first kappa shape index (κ1) is 13.9. The van der Waals surface area contributed by atoms with Crippen LogP contribution in [0.5, 0.6) is 0 Å². The van der Waals surface area contributed by atoms with Crippen molar-refractivity contribution >= 4 is 22.6 Å². The van der Waals surface area contributed by atoms with Gasteiger partial charge < -0.3 is 9.47 Å².